The van der Waals surface area contributed by atoms with Gasteiger partial charge in [0, 0.05) is 5.69 Å². The lowest BCUT2D eigenvalue weighted by Crippen LogP contribution is -2.29. The molecule has 0 aliphatic carbocycles. The van der Waals surface area contributed by atoms with Crippen molar-refractivity contribution in [2.75, 3.05) is 19.0 Å². The highest BCUT2D eigenvalue weighted by Crippen LogP contribution is 2.17. The molecule has 1 aliphatic heterocycles. The smallest absolute Gasteiger partial charge is 0.119 e. The van der Waals surface area contributed by atoms with Gasteiger partial charge in [-0.2, -0.15) is 0 Å². The van der Waals surface area contributed by atoms with Crippen LogP contribution in [0.15, 0.2) is 24.3 Å². The van der Waals surface area contributed by atoms with Crippen LogP contribution in [0.1, 0.15) is 12.8 Å². The van der Waals surface area contributed by atoms with Gasteiger partial charge in [0.25, 0.3) is 0 Å². The molecular formula is C11H16N2O. The van der Waals surface area contributed by atoms with Crippen LogP contribution < -0.4 is 15.4 Å². The first kappa shape index (κ1) is 9.34. The number of ether oxygens (including phenoxy) is 1. The Morgan fingerprint density at radius 2 is 2.14 bits per heavy atom. The molecule has 2 N–H and O–H groups in total. The van der Waals surface area contributed by atoms with Crippen molar-refractivity contribution >= 4 is 5.69 Å². The fourth-order valence-corrected chi connectivity index (χ4v) is 1.70. The van der Waals surface area contributed by atoms with E-state index in [1.54, 1.807) is 7.11 Å². The Hall–Kier alpha value is -1.22. The van der Waals surface area contributed by atoms with Crippen molar-refractivity contribution < 1.29 is 4.74 Å². The predicted octanol–water partition coefficient (Wildman–Crippen LogP) is 1.82. The molecule has 76 valence electrons. The Kier molecular flexibility index (Phi) is 2.89. The van der Waals surface area contributed by atoms with E-state index in [0.29, 0.717) is 6.17 Å². The SMILES string of the molecule is COc1ccc(NC2CCCN2)cc1. The first-order valence-electron chi connectivity index (χ1n) is 5.02. The van der Waals surface area contributed by atoms with E-state index in [9.17, 15) is 0 Å². The predicted molar refractivity (Wildman–Crippen MR) is 57.6 cm³/mol. The van der Waals surface area contributed by atoms with E-state index in [2.05, 4.69) is 10.6 Å². The van der Waals surface area contributed by atoms with E-state index >= 15 is 0 Å². The highest BCUT2D eigenvalue weighted by molar-refractivity contribution is 5.47. The summed E-state index contributed by atoms with van der Waals surface area (Å²) in [5.41, 5.74) is 1.14. The van der Waals surface area contributed by atoms with Gasteiger partial charge >= 0.3 is 0 Å². The average Bonchev–Trinajstić information content (AvgIpc) is 2.72. The monoisotopic (exact) mass is 192 g/mol. The minimum absolute atomic E-state index is 0.434. The third-order valence-corrected chi connectivity index (χ3v) is 2.49. The van der Waals surface area contributed by atoms with Crippen molar-refractivity contribution in [3.05, 3.63) is 24.3 Å². The van der Waals surface area contributed by atoms with Gasteiger partial charge in [0.2, 0.25) is 0 Å². The molecule has 0 bridgehead atoms. The van der Waals surface area contributed by atoms with Gasteiger partial charge in [-0.1, -0.05) is 0 Å². The van der Waals surface area contributed by atoms with E-state index < -0.39 is 0 Å². The lowest BCUT2D eigenvalue weighted by Gasteiger charge is -2.14. The Morgan fingerprint density at radius 3 is 2.71 bits per heavy atom. The van der Waals surface area contributed by atoms with Gasteiger partial charge in [0.1, 0.15) is 5.75 Å². The van der Waals surface area contributed by atoms with Crippen LogP contribution in [-0.4, -0.2) is 19.8 Å². The molecular weight excluding hydrogens is 176 g/mol. The molecule has 0 spiro atoms. The van der Waals surface area contributed by atoms with E-state index in [-0.39, 0.29) is 0 Å². The maximum Gasteiger partial charge on any atom is 0.119 e. The zero-order valence-electron chi connectivity index (χ0n) is 8.42. The molecule has 1 heterocycles. The lowest BCUT2D eigenvalue weighted by atomic mass is 10.2. The van der Waals surface area contributed by atoms with Gasteiger partial charge in [-0.05, 0) is 43.7 Å². The molecule has 0 aromatic heterocycles. The molecule has 1 aromatic rings. The summed E-state index contributed by atoms with van der Waals surface area (Å²) in [7, 11) is 1.68. The molecule has 14 heavy (non-hydrogen) atoms. The van der Waals surface area contributed by atoms with E-state index in [1.165, 1.54) is 12.8 Å². The summed E-state index contributed by atoms with van der Waals surface area (Å²) in [5.74, 6) is 0.898. The van der Waals surface area contributed by atoms with Crippen molar-refractivity contribution in [1.82, 2.24) is 5.32 Å². The Bertz CT molecular complexity index is 278. The molecule has 1 unspecified atom stereocenters. The largest absolute Gasteiger partial charge is 0.497 e. The van der Waals surface area contributed by atoms with Crippen LogP contribution in [0.3, 0.4) is 0 Å². The van der Waals surface area contributed by atoms with Gasteiger partial charge in [-0.25, -0.2) is 0 Å². The fourth-order valence-electron chi connectivity index (χ4n) is 1.70. The number of methoxy groups -OCH3 is 1. The number of rotatable bonds is 3. The second-order valence-corrected chi connectivity index (χ2v) is 3.52. The Labute approximate surface area is 84.5 Å². The number of hydrogen-bond acceptors (Lipinski definition) is 3. The first-order valence-corrected chi connectivity index (χ1v) is 5.02. The molecule has 1 aliphatic rings. The normalized spacial score (nSPS) is 20.8. The number of nitrogens with one attached hydrogen (secondary N) is 2. The minimum atomic E-state index is 0.434. The summed E-state index contributed by atoms with van der Waals surface area (Å²) in [5, 5.41) is 6.82. The zero-order valence-corrected chi connectivity index (χ0v) is 8.42. The van der Waals surface area contributed by atoms with Crippen molar-refractivity contribution in [3.63, 3.8) is 0 Å². The molecule has 0 radical (unpaired) electrons. The molecule has 1 atom stereocenters. The van der Waals surface area contributed by atoms with Crippen molar-refractivity contribution in [2.45, 2.75) is 19.0 Å². The zero-order chi connectivity index (χ0) is 9.80. The minimum Gasteiger partial charge on any atom is -0.497 e. The topological polar surface area (TPSA) is 33.3 Å². The van der Waals surface area contributed by atoms with E-state index in [0.717, 1.165) is 18.0 Å². The second kappa shape index (κ2) is 4.33. The molecule has 1 saturated heterocycles. The molecule has 1 fully saturated rings. The van der Waals surface area contributed by atoms with Crippen LogP contribution in [0.4, 0.5) is 5.69 Å². The average molecular weight is 192 g/mol. The van der Waals surface area contributed by atoms with E-state index in [1.807, 2.05) is 24.3 Å². The fraction of sp³-hybridized carbons (Fsp3) is 0.455. The third-order valence-electron chi connectivity index (χ3n) is 2.49. The second-order valence-electron chi connectivity index (χ2n) is 3.52. The Morgan fingerprint density at radius 1 is 1.36 bits per heavy atom. The van der Waals surface area contributed by atoms with Gasteiger partial charge < -0.3 is 10.1 Å². The highest BCUT2D eigenvalue weighted by Gasteiger charge is 2.12. The number of hydrogen-bond donors (Lipinski definition) is 2. The van der Waals surface area contributed by atoms with Gasteiger partial charge in [0.15, 0.2) is 0 Å². The third kappa shape index (κ3) is 2.17. The van der Waals surface area contributed by atoms with Crippen LogP contribution in [0.2, 0.25) is 0 Å². The van der Waals surface area contributed by atoms with Crippen molar-refractivity contribution in [3.8, 4) is 5.75 Å². The van der Waals surface area contributed by atoms with Gasteiger partial charge in [-0.3, -0.25) is 5.32 Å². The van der Waals surface area contributed by atoms with Crippen LogP contribution in [-0.2, 0) is 0 Å². The van der Waals surface area contributed by atoms with Crippen LogP contribution in [0.5, 0.6) is 5.75 Å². The number of anilines is 1. The summed E-state index contributed by atoms with van der Waals surface area (Å²) in [6.07, 6.45) is 2.89. The van der Waals surface area contributed by atoms with Gasteiger partial charge in [-0.15, -0.1) is 0 Å². The summed E-state index contributed by atoms with van der Waals surface area (Å²) >= 11 is 0. The molecule has 0 amide bonds. The molecule has 3 heteroatoms. The first-order chi connectivity index (χ1) is 6.88. The maximum atomic E-state index is 5.10. The molecule has 0 saturated carbocycles. The van der Waals surface area contributed by atoms with Gasteiger partial charge in [0.05, 0.1) is 13.3 Å². The highest BCUT2D eigenvalue weighted by atomic mass is 16.5. The maximum absolute atomic E-state index is 5.10. The van der Waals surface area contributed by atoms with Crippen LogP contribution >= 0.6 is 0 Å². The number of benzene rings is 1. The van der Waals surface area contributed by atoms with Crippen molar-refractivity contribution in [2.24, 2.45) is 0 Å². The molecule has 1 aromatic carbocycles. The van der Waals surface area contributed by atoms with E-state index in [4.69, 9.17) is 4.74 Å². The van der Waals surface area contributed by atoms with Crippen LogP contribution in [0.25, 0.3) is 0 Å². The summed E-state index contributed by atoms with van der Waals surface area (Å²) in [6, 6.07) is 8.02. The molecule has 2 rings (SSSR count). The quantitative estimate of drug-likeness (QED) is 0.766. The summed E-state index contributed by atoms with van der Waals surface area (Å²) < 4.78 is 5.10. The van der Waals surface area contributed by atoms with Crippen molar-refractivity contribution in [1.29, 1.82) is 0 Å². The molecule has 3 nitrogen and oxygen atoms in total. The summed E-state index contributed by atoms with van der Waals surface area (Å²) in [6.45, 7) is 1.12. The van der Waals surface area contributed by atoms with Crippen LogP contribution in [0, 0.1) is 0 Å². The Balaban J connectivity index is 1.95. The summed E-state index contributed by atoms with van der Waals surface area (Å²) in [4.78, 5) is 0. The standard InChI is InChI=1S/C11H16N2O/c1-14-10-6-4-9(5-7-10)13-11-3-2-8-12-11/h4-7,11-13H,2-3,8H2,1H3. The lowest BCUT2D eigenvalue weighted by molar-refractivity contribution is 0.415.